The number of esters is 1. The van der Waals surface area contributed by atoms with Crippen LogP contribution in [-0.4, -0.2) is 5.97 Å². The van der Waals surface area contributed by atoms with Crippen LogP contribution in [0.15, 0.2) is 18.2 Å². The second-order valence-corrected chi connectivity index (χ2v) is 4.83. The SMILES string of the molecule is C#Cc1ccc(C2CCCCC2)c(OC(C)=O)c1. The lowest BCUT2D eigenvalue weighted by Gasteiger charge is -2.23. The Kier molecular flexibility index (Phi) is 4.04. The van der Waals surface area contributed by atoms with Crippen molar-refractivity contribution in [1.29, 1.82) is 0 Å². The van der Waals surface area contributed by atoms with Gasteiger partial charge in [0.1, 0.15) is 5.75 Å². The lowest BCUT2D eigenvalue weighted by atomic mass is 9.83. The van der Waals surface area contributed by atoms with E-state index in [0.717, 1.165) is 11.1 Å². The first-order valence-corrected chi connectivity index (χ1v) is 6.49. The van der Waals surface area contributed by atoms with E-state index >= 15 is 0 Å². The fraction of sp³-hybridized carbons (Fsp3) is 0.438. The molecule has 0 atom stereocenters. The maximum absolute atomic E-state index is 11.2. The third-order valence-corrected chi connectivity index (χ3v) is 3.48. The van der Waals surface area contributed by atoms with E-state index in [1.54, 1.807) is 6.07 Å². The van der Waals surface area contributed by atoms with Gasteiger partial charge in [0.15, 0.2) is 0 Å². The molecule has 0 N–H and O–H groups in total. The van der Waals surface area contributed by atoms with Crippen LogP contribution in [-0.2, 0) is 4.79 Å². The molecule has 2 nitrogen and oxygen atoms in total. The van der Waals surface area contributed by atoms with E-state index in [4.69, 9.17) is 11.2 Å². The summed E-state index contributed by atoms with van der Waals surface area (Å²) in [6.07, 6.45) is 11.5. The third-order valence-electron chi connectivity index (χ3n) is 3.48. The maximum Gasteiger partial charge on any atom is 0.308 e. The molecule has 94 valence electrons. The van der Waals surface area contributed by atoms with Crippen LogP contribution in [0.2, 0.25) is 0 Å². The van der Waals surface area contributed by atoms with Crippen molar-refractivity contribution in [3.8, 4) is 18.1 Å². The van der Waals surface area contributed by atoms with Gasteiger partial charge in [0.05, 0.1) is 0 Å². The Bertz CT molecular complexity index is 476. The molecule has 0 aliphatic heterocycles. The van der Waals surface area contributed by atoms with Crippen molar-refractivity contribution in [1.82, 2.24) is 0 Å². The minimum atomic E-state index is -0.291. The summed E-state index contributed by atoms with van der Waals surface area (Å²) in [5.41, 5.74) is 1.88. The van der Waals surface area contributed by atoms with Crippen molar-refractivity contribution in [2.24, 2.45) is 0 Å². The predicted octanol–water partition coefficient (Wildman–Crippen LogP) is 3.64. The molecular weight excluding hydrogens is 224 g/mol. The van der Waals surface area contributed by atoms with Gasteiger partial charge in [-0.15, -0.1) is 6.42 Å². The zero-order valence-electron chi connectivity index (χ0n) is 10.7. The molecule has 0 aromatic heterocycles. The van der Waals surface area contributed by atoms with Crippen molar-refractivity contribution in [2.45, 2.75) is 44.9 Å². The maximum atomic E-state index is 11.2. The average molecular weight is 242 g/mol. The van der Waals surface area contributed by atoms with Gasteiger partial charge < -0.3 is 4.74 Å². The van der Waals surface area contributed by atoms with Gasteiger partial charge >= 0.3 is 5.97 Å². The number of carbonyl (C=O) groups is 1. The number of hydrogen-bond donors (Lipinski definition) is 0. The summed E-state index contributed by atoms with van der Waals surface area (Å²) in [7, 11) is 0. The molecule has 0 spiro atoms. The molecular formula is C16H18O2. The highest BCUT2D eigenvalue weighted by Crippen LogP contribution is 2.37. The third kappa shape index (κ3) is 2.92. The molecule has 1 saturated carbocycles. The molecule has 1 fully saturated rings. The normalized spacial score (nSPS) is 16.0. The Labute approximate surface area is 108 Å². The quantitative estimate of drug-likeness (QED) is 0.449. The molecule has 1 aliphatic carbocycles. The van der Waals surface area contributed by atoms with Gasteiger partial charge in [-0.2, -0.15) is 0 Å². The first-order chi connectivity index (χ1) is 8.70. The Hall–Kier alpha value is -1.75. The summed E-state index contributed by atoms with van der Waals surface area (Å²) in [6.45, 7) is 1.42. The van der Waals surface area contributed by atoms with Crippen molar-refractivity contribution < 1.29 is 9.53 Å². The van der Waals surface area contributed by atoms with Crippen molar-refractivity contribution in [3.63, 3.8) is 0 Å². The van der Waals surface area contributed by atoms with Gasteiger partial charge in [0, 0.05) is 12.5 Å². The first-order valence-electron chi connectivity index (χ1n) is 6.49. The first kappa shape index (κ1) is 12.7. The largest absolute Gasteiger partial charge is 0.426 e. The second kappa shape index (κ2) is 5.73. The number of benzene rings is 1. The van der Waals surface area contributed by atoms with E-state index in [2.05, 4.69) is 5.92 Å². The molecule has 0 radical (unpaired) electrons. The summed E-state index contributed by atoms with van der Waals surface area (Å²) in [5.74, 6) is 3.43. The Morgan fingerprint density at radius 1 is 1.33 bits per heavy atom. The van der Waals surface area contributed by atoms with E-state index in [1.807, 2.05) is 12.1 Å². The summed E-state index contributed by atoms with van der Waals surface area (Å²) in [5, 5.41) is 0. The monoisotopic (exact) mass is 242 g/mol. The van der Waals surface area contributed by atoms with Gasteiger partial charge in [0.2, 0.25) is 0 Å². The Balaban J connectivity index is 2.32. The molecule has 18 heavy (non-hydrogen) atoms. The van der Waals surface area contributed by atoms with Gasteiger partial charge in [-0.05, 0) is 36.5 Å². The van der Waals surface area contributed by atoms with Crippen molar-refractivity contribution >= 4 is 5.97 Å². The number of ether oxygens (including phenoxy) is 1. The zero-order valence-corrected chi connectivity index (χ0v) is 10.7. The molecule has 0 unspecified atom stereocenters. The highest BCUT2D eigenvalue weighted by molar-refractivity contribution is 5.70. The summed E-state index contributed by atoms with van der Waals surface area (Å²) in [6, 6.07) is 5.74. The minimum Gasteiger partial charge on any atom is -0.426 e. The smallest absolute Gasteiger partial charge is 0.308 e. The van der Waals surface area contributed by atoms with Gasteiger partial charge in [0.25, 0.3) is 0 Å². The molecule has 0 amide bonds. The van der Waals surface area contributed by atoms with Crippen LogP contribution in [0.5, 0.6) is 5.75 Å². The van der Waals surface area contributed by atoms with E-state index < -0.39 is 0 Å². The highest BCUT2D eigenvalue weighted by Gasteiger charge is 2.20. The number of rotatable bonds is 2. The van der Waals surface area contributed by atoms with E-state index in [0.29, 0.717) is 11.7 Å². The van der Waals surface area contributed by atoms with Crippen LogP contribution in [0.1, 0.15) is 56.1 Å². The van der Waals surface area contributed by atoms with Crippen LogP contribution in [0.25, 0.3) is 0 Å². The molecule has 1 aliphatic rings. The molecule has 0 heterocycles. The molecule has 1 aromatic rings. The minimum absolute atomic E-state index is 0.291. The van der Waals surface area contributed by atoms with Gasteiger partial charge in [-0.3, -0.25) is 4.79 Å². The number of carbonyl (C=O) groups excluding carboxylic acids is 1. The average Bonchev–Trinajstić information content (AvgIpc) is 2.39. The number of hydrogen-bond acceptors (Lipinski definition) is 2. The molecule has 0 saturated heterocycles. The fourth-order valence-corrected chi connectivity index (χ4v) is 2.62. The molecule has 2 rings (SSSR count). The van der Waals surface area contributed by atoms with Crippen LogP contribution < -0.4 is 4.74 Å². The van der Waals surface area contributed by atoms with Gasteiger partial charge in [-0.25, -0.2) is 0 Å². The highest BCUT2D eigenvalue weighted by atomic mass is 16.5. The predicted molar refractivity (Wildman–Crippen MR) is 71.5 cm³/mol. The number of terminal acetylenes is 1. The van der Waals surface area contributed by atoms with E-state index in [-0.39, 0.29) is 5.97 Å². The standard InChI is InChI=1S/C16H18O2/c1-3-13-9-10-15(14-7-5-4-6-8-14)16(11-13)18-12(2)17/h1,9-11,14H,4-8H2,2H3. The van der Waals surface area contributed by atoms with Crippen molar-refractivity contribution in [3.05, 3.63) is 29.3 Å². The Morgan fingerprint density at radius 3 is 2.67 bits per heavy atom. The lowest BCUT2D eigenvalue weighted by Crippen LogP contribution is -2.09. The summed E-state index contributed by atoms with van der Waals surface area (Å²) >= 11 is 0. The van der Waals surface area contributed by atoms with Crippen LogP contribution in [0, 0.1) is 12.3 Å². The van der Waals surface area contributed by atoms with E-state index in [1.165, 1.54) is 39.0 Å². The fourth-order valence-electron chi connectivity index (χ4n) is 2.62. The van der Waals surface area contributed by atoms with Crippen LogP contribution in [0.4, 0.5) is 0 Å². The van der Waals surface area contributed by atoms with Crippen LogP contribution >= 0.6 is 0 Å². The molecule has 1 aromatic carbocycles. The van der Waals surface area contributed by atoms with E-state index in [9.17, 15) is 4.79 Å². The Morgan fingerprint density at radius 2 is 2.06 bits per heavy atom. The molecule has 0 bridgehead atoms. The van der Waals surface area contributed by atoms with Gasteiger partial charge in [-0.1, -0.05) is 31.2 Å². The van der Waals surface area contributed by atoms with Crippen molar-refractivity contribution in [2.75, 3.05) is 0 Å². The second-order valence-electron chi connectivity index (χ2n) is 4.83. The summed E-state index contributed by atoms with van der Waals surface area (Å²) < 4.78 is 5.31. The van der Waals surface area contributed by atoms with Crippen LogP contribution in [0.3, 0.4) is 0 Å². The topological polar surface area (TPSA) is 26.3 Å². The zero-order chi connectivity index (χ0) is 13.0. The lowest BCUT2D eigenvalue weighted by molar-refractivity contribution is -0.131. The summed E-state index contributed by atoms with van der Waals surface area (Å²) in [4.78, 5) is 11.2. The molecule has 2 heteroatoms.